The van der Waals surface area contributed by atoms with Crippen molar-refractivity contribution in [2.24, 2.45) is 11.8 Å². The first-order valence-electron chi connectivity index (χ1n) is 7.52. The van der Waals surface area contributed by atoms with E-state index in [1.807, 2.05) is 17.0 Å². The summed E-state index contributed by atoms with van der Waals surface area (Å²) in [6, 6.07) is 5.46. The number of likely N-dealkylation sites (tertiary alicyclic amines) is 1. The molecule has 6 nitrogen and oxygen atoms in total. The zero-order chi connectivity index (χ0) is 14.9. The van der Waals surface area contributed by atoms with E-state index in [1.54, 1.807) is 30.9 Å². The van der Waals surface area contributed by atoms with Gasteiger partial charge in [0.25, 0.3) is 5.91 Å². The van der Waals surface area contributed by atoms with Crippen LogP contribution in [-0.2, 0) is 0 Å². The molecule has 6 heteroatoms. The van der Waals surface area contributed by atoms with Gasteiger partial charge in [0.05, 0.1) is 5.56 Å². The van der Waals surface area contributed by atoms with Crippen molar-refractivity contribution >= 4 is 11.9 Å². The van der Waals surface area contributed by atoms with Crippen LogP contribution in [0.15, 0.2) is 43.0 Å². The third kappa shape index (κ3) is 2.30. The van der Waals surface area contributed by atoms with Crippen LogP contribution in [0.25, 0.3) is 0 Å². The van der Waals surface area contributed by atoms with Crippen molar-refractivity contribution in [3.63, 3.8) is 0 Å². The summed E-state index contributed by atoms with van der Waals surface area (Å²) in [6.45, 7) is 3.46. The predicted molar refractivity (Wildman–Crippen MR) is 81.4 cm³/mol. The molecule has 2 aliphatic heterocycles. The molecule has 4 rings (SSSR count). The van der Waals surface area contributed by atoms with Gasteiger partial charge in [0.15, 0.2) is 0 Å². The number of hydrogen-bond donors (Lipinski definition) is 0. The van der Waals surface area contributed by atoms with E-state index in [-0.39, 0.29) is 5.91 Å². The number of amides is 1. The minimum Gasteiger partial charge on any atom is -0.340 e. The topological polar surface area (TPSA) is 62.2 Å². The SMILES string of the molecule is O=C(c1cccnc1)N1CC2CN(c3ncccn3)CC2C1. The Balaban J connectivity index is 1.43. The molecule has 1 amide bonds. The number of anilines is 1. The van der Waals surface area contributed by atoms with Crippen LogP contribution in [0.4, 0.5) is 5.95 Å². The lowest BCUT2D eigenvalue weighted by Gasteiger charge is -2.21. The molecular formula is C16H17N5O. The quantitative estimate of drug-likeness (QED) is 0.829. The van der Waals surface area contributed by atoms with Crippen LogP contribution in [0.2, 0.25) is 0 Å². The van der Waals surface area contributed by atoms with E-state index in [0.717, 1.165) is 32.1 Å². The molecule has 22 heavy (non-hydrogen) atoms. The molecule has 2 unspecified atom stereocenters. The third-order valence-corrected chi connectivity index (χ3v) is 4.52. The molecule has 2 aromatic rings. The second-order valence-electron chi connectivity index (χ2n) is 5.93. The highest BCUT2D eigenvalue weighted by molar-refractivity contribution is 5.94. The standard InChI is InChI=1S/C16H17N5O/c22-15(12-3-1-4-17-7-12)20-8-13-10-21(11-14(13)9-20)16-18-5-2-6-19-16/h1-7,13-14H,8-11H2. The lowest BCUT2D eigenvalue weighted by molar-refractivity contribution is 0.0782. The van der Waals surface area contributed by atoms with E-state index in [4.69, 9.17) is 0 Å². The van der Waals surface area contributed by atoms with Crippen molar-refractivity contribution in [1.82, 2.24) is 19.9 Å². The number of aromatic nitrogens is 3. The van der Waals surface area contributed by atoms with Gasteiger partial charge in [0, 0.05) is 62.8 Å². The van der Waals surface area contributed by atoms with Crippen LogP contribution < -0.4 is 4.90 Å². The highest BCUT2D eigenvalue weighted by Crippen LogP contribution is 2.33. The summed E-state index contributed by atoms with van der Waals surface area (Å²) in [7, 11) is 0. The summed E-state index contributed by atoms with van der Waals surface area (Å²) >= 11 is 0. The van der Waals surface area contributed by atoms with Crippen molar-refractivity contribution in [3.05, 3.63) is 48.5 Å². The first-order valence-corrected chi connectivity index (χ1v) is 7.52. The Morgan fingerprint density at radius 2 is 1.73 bits per heavy atom. The van der Waals surface area contributed by atoms with Gasteiger partial charge in [-0.05, 0) is 18.2 Å². The lowest BCUT2D eigenvalue weighted by atomic mass is 10.0. The van der Waals surface area contributed by atoms with Gasteiger partial charge in [-0.2, -0.15) is 0 Å². The third-order valence-electron chi connectivity index (χ3n) is 4.52. The van der Waals surface area contributed by atoms with Crippen LogP contribution >= 0.6 is 0 Å². The number of nitrogens with zero attached hydrogens (tertiary/aromatic N) is 5. The maximum atomic E-state index is 12.5. The number of hydrogen-bond acceptors (Lipinski definition) is 5. The van der Waals surface area contributed by atoms with E-state index >= 15 is 0 Å². The Labute approximate surface area is 128 Å². The molecule has 2 saturated heterocycles. The van der Waals surface area contributed by atoms with Crippen molar-refractivity contribution < 1.29 is 4.79 Å². The van der Waals surface area contributed by atoms with Gasteiger partial charge in [-0.15, -0.1) is 0 Å². The summed E-state index contributed by atoms with van der Waals surface area (Å²) in [6.07, 6.45) is 6.87. The largest absolute Gasteiger partial charge is 0.340 e. The maximum Gasteiger partial charge on any atom is 0.255 e. The van der Waals surface area contributed by atoms with E-state index in [0.29, 0.717) is 17.4 Å². The fourth-order valence-electron chi connectivity index (χ4n) is 3.45. The van der Waals surface area contributed by atoms with Gasteiger partial charge in [0.1, 0.15) is 0 Å². The minimum atomic E-state index is 0.0880. The van der Waals surface area contributed by atoms with Crippen molar-refractivity contribution in [2.75, 3.05) is 31.1 Å². The summed E-state index contributed by atoms with van der Waals surface area (Å²) in [4.78, 5) is 29.3. The van der Waals surface area contributed by atoms with Crippen LogP contribution in [-0.4, -0.2) is 51.9 Å². The molecule has 0 aromatic carbocycles. The van der Waals surface area contributed by atoms with Gasteiger partial charge in [-0.25, -0.2) is 9.97 Å². The number of pyridine rings is 1. The Morgan fingerprint density at radius 3 is 2.36 bits per heavy atom. The predicted octanol–water partition coefficient (Wildman–Crippen LogP) is 1.08. The minimum absolute atomic E-state index is 0.0880. The fraction of sp³-hybridized carbons (Fsp3) is 0.375. The normalized spacial score (nSPS) is 23.6. The zero-order valence-corrected chi connectivity index (χ0v) is 12.2. The van der Waals surface area contributed by atoms with Crippen LogP contribution in [0.3, 0.4) is 0 Å². The molecule has 0 bridgehead atoms. The van der Waals surface area contributed by atoms with E-state index < -0.39 is 0 Å². The van der Waals surface area contributed by atoms with Crippen LogP contribution in [0, 0.1) is 11.8 Å². The van der Waals surface area contributed by atoms with Gasteiger partial charge in [-0.1, -0.05) is 0 Å². The number of fused-ring (bicyclic) bond motifs is 1. The summed E-state index contributed by atoms with van der Waals surface area (Å²) in [5.74, 6) is 1.89. The Bertz CT molecular complexity index is 649. The van der Waals surface area contributed by atoms with E-state index in [2.05, 4.69) is 19.9 Å². The monoisotopic (exact) mass is 295 g/mol. The van der Waals surface area contributed by atoms with Crippen molar-refractivity contribution in [3.8, 4) is 0 Å². The fourth-order valence-corrected chi connectivity index (χ4v) is 3.45. The zero-order valence-electron chi connectivity index (χ0n) is 12.2. The molecule has 2 fully saturated rings. The molecule has 2 atom stereocenters. The maximum absolute atomic E-state index is 12.5. The Morgan fingerprint density at radius 1 is 1.00 bits per heavy atom. The van der Waals surface area contributed by atoms with Crippen LogP contribution in [0.5, 0.6) is 0 Å². The van der Waals surface area contributed by atoms with Crippen molar-refractivity contribution in [1.29, 1.82) is 0 Å². The Kier molecular flexibility index (Phi) is 3.21. The summed E-state index contributed by atoms with van der Waals surface area (Å²) in [5, 5.41) is 0. The molecule has 0 saturated carbocycles. The highest BCUT2D eigenvalue weighted by atomic mass is 16.2. The number of carbonyl (C=O) groups is 1. The highest BCUT2D eigenvalue weighted by Gasteiger charge is 2.42. The number of carbonyl (C=O) groups excluding carboxylic acids is 1. The van der Waals surface area contributed by atoms with Gasteiger partial charge >= 0.3 is 0 Å². The average molecular weight is 295 g/mol. The van der Waals surface area contributed by atoms with Gasteiger partial charge in [0.2, 0.25) is 5.95 Å². The van der Waals surface area contributed by atoms with E-state index in [9.17, 15) is 4.79 Å². The molecular weight excluding hydrogens is 278 g/mol. The Hall–Kier alpha value is -2.50. The molecule has 0 radical (unpaired) electrons. The van der Waals surface area contributed by atoms with Gasteiger partial charge < -0.3 is 9.80 Å². The molecule has 2 aromatic heterocycles. The smallest absolute Gasteiger partial charge is 0.255 e. The molecule has 112 valence electrons. The molecule has 2 aliphatic rings. The van der Waals surface area contributed by atoms with Crippen molar-refractivity contribution in [2.45, 2.75) is 0 Å². The van der Waals surface area contributed by atoms with Gasteiger partial charge in [-0.3, -0.25) is 9.78 Å². The summed E-state index contributed by atoms with van der Waals surface area (Å²) < 4.78 is 0. The first kappa shape index (κ1) is 13.2. The molecule has 0 N–H and O–H groups in total. The lowest BCUT2D eigenvalue weighted by Crippen LogP contribution is -2.33. The molecule has 0 aliphatic carbocycles. The average Bonchev–Trinajstić information content (AvgIpc) is 3.15. The molecule has 4 heterocycles. The second kappa shape index (κ2) is 5.36. The summed E-state index contributed by atoms with van der Waals surface area (Å²) in [5.41, 5.74) is 0.672. The second-order valence-corrected chi connectivity index (χ2v) is 5.93. The molecule has 0 spiro atoms. The number of rotatable bonds is 2. The van der Waals surface area contributed by atoms with Crippen LogP contribution in [0.1, 0.15) is 10.4 Å². The first-order chi connectivity index (χ1) is 10.8. The van der Waals surface area contributed by atoms with E-state index in [1.165, 1.54) is 0 Å².